The predicted octanol–water partition coefficient (Wildman–Crippen LogP) is 2.59. The minimum absolute atomic E-state index is 0.0629. The topological polar surface area (TPSA) is 52.6 Å². The molecule has 1 aromatic rings. The van der Waals surface area contributed by atoms with Crippen molar-refractivity contribution in [1.82, 2.24) is 0 Å². The van der Waals surface area contributed by atoms with Gasteiger partial charge >= 0.3 is 11.9 Å². The number of benzene rings is 1. The molecule has 1 aliphatic heterocycles. The third kappa shape index (κ3) is 2.60. The quantitative estimate of drug-likeness (QED) is 0.777. The van der Waals surface area contributed by atoms with Crippen molar-refractivity contribution in [3.05, 3.63) is 45.6 Å². The number of halogens is 2. The van der Waals surface area contributed by atoms with E-state index >= 15 is 0 Å². The average molecular weight is 273 g/mol. The summed E-state index contributed by atoms with van der Waals surface area (Å²) in [6.45, 7) is -0.0629. The second-order valence-corrected chi connectivity index (χ2v) is 4.02. The highest BCUT2D eigenvalue weighted by molar-refractivity contribution is 6.39. The summed E-state index contributed by atoms with van der Waals surface area (Å²) in [6.07, 6.45) is 1.10. The summed E-state index contributed by atoms with van der Waals surface area (Å²) in [5.41, 5.74) is 0.0658. The molecule has 0 radical (unpaired) electrons. The van der Waals surface area contributed by atoms with E-state index in [0.29, 0.717) is 0 Å². The number of hydrogen-bond acceptors (Lipinski definition) is 4. The lowest BCUT2D eigenvalue weighted by molar-refractivity contribution is -0.135. The minimum Gasteiger partial charge on any atom is -0.454 e. The van der Waals surface area contributed by atoms with Crippen LogP contribution in [0.5, 0.6) is 0 Å². The summed E-state index contributed by atoms with van der Waals surface area (Å²) >= 11 is 11.7. The highest BCUT2D eigenvalue weighted by atomic mass is 35.5. The maximum absolute atomic E-state index is 11.8. The van der Waals surface area contributed by atoms with Gasteiger partial charge in [-0.3, -0.25) is 0 Å². The zero-order chi connectivity index (χ0) is 12.4. The highest BCUT2D eigenvalue weighted by Gasteiger charge is 2.21. The first-order valence-electron chi connectivity index (χ1n) is 4.61. The van der Waals surface area contributed by atoms with Gasteiger partial charge in [-0.15, -0.1) is 0 Å². The predicted molar refractivity (Wildman–Crippen MR) is 60.9 cm³/mol. The summed E-state index contributed by atoms with van der Waals surface area (Å²) < 4.78 is 9.52. The molecule has 0 saturated heterocycles. The summed E-state index contributed by atoms with van der Waals surface area (Å²) in [4.78, 5) is 22.5. The molecule has 0 N–H and O–H groups in total. The molecule has 2 rings (SSSR count). The smallest absolute Gasteiger partial charge is 0.346 e. The van der Waals surface area contributed by atoms with E-state index < -0.39 is 11.9 Å². The number of rotatable bonds is 2. The van der Waals surface area contributed by atoms with Crippen LogP contribution < -0.4 is 0 Å². The zero-order valence-corrected chi connectivity index (χ0v) is 9.92. The average Bonchev–Trinajstić information content (AvgIpc) is 2.63. The van der Waals surface area contributed by atoms with Crippen LogP contribution in [0, 0.1) is 0 Å². The Bertz CT molecular complexity index is 502. The molecule has 17 heavy (non-hydrogen) atoms. The molecule has 0 atom stereocenters. The molecule has 4 nitrogen and oxygen atoms in total. The molecule has 1 heterocycles. The van der Waals surface area contributed by atoms with Crippen LogP contribution in [-0.2, 0) is 14.3 Å². The molecular weight excluding hydrogens is 267 g/mol. The standard InChI is InChI=1S/C11H6Cl2O4/c12-7-2-1-3-8(13)10(7)11(15)17-6-4-9(14)16-5-6/h1-4H,5H2. The van der Waals surface area contributed by atoms with Gasteiger partial charge in [-0.2, -0.15) is 0 Å². The van der Waals surface area contributed by atoms with Crippen molar-refractivity contribution < 1.29 is 19.1 Å². The van der Waals surface area contributed by atoms with E-state index in [9.17, 15) is 9.59 Å². The Balaban J connectivity index is 2.21. The second kappa shape index (κ2) is 4.77. The van der Waals surface area contributed by atoms with Gasteiger partial charge in [0.05, 0.1) is 21.7 Å². The van der Waals surface area contributed by atoms with E-state index in [2.05, 4.69) is 4.74 Å². The van der Waals surface area contributed by atoms with Crippen molar-refractivity contribution in [3.8, 4) is 0 Å². The van der Waals surface area contributed by atoms with Crippen molar-refractivity contribution in [2.24, 2.45) is 0 Å². The monoisotopic (exact) mass is 272 g/mol. The molecule has 88 valence electrons. The number of ether oxygens (including phenoxy) is 2. The Morgan fingerprint density at radius 3 is 2.47 bits per heavy atom. The Morgan fingerprint density at radius 2 is 1.94 bits per heavy atom. The zero-order valence-electron chi connectivity index (χ0n) is 8.41. The normalized spacial score (nSPS) is 14.2. The van der Waals surface area contributed by atoms with Crippen molar-refractivity contribution in [3.63, 3.8) is 0 Å². The van der Waals surface area contributed by atoms with Gasteiger partial charge in [0.2, 0.25) is 0 Å². The van der Waals surface area contributed by atoms with Crippen LogP contribution in [0.4, 0.5) is 0 Å². The number of esters is 2. The van der Waals surface area contributed by atoms with Crippen LogP contribution in [0.25, 0.3) is 0 Å². The lowest BCUT2D eigenvalue weighted by Gasteiger charge is -2.06. The lowest BCUT2D eigenvalue weighted by Crippen LogP contribution is -2.07. The highest BCUT2D eigenvalue weighted by Crippen LogP contribution is 2.26. The molecule has 0 fully saturated rings. The molecule has 0 unspecified atom stereocenters. The van der Waals surface area contributed by atoms with Crippen molar-refractivity contribution in [2.75, 3.05) is 6.61 Å². The first kappa shape index (κ1) is 12.0. The van der Waals surface area contributed by atoms with Crippen molar-refractivity contribution in [2.45, 2.75) is 0 Å². The fourth-order valence-corrected chi connectivity index (χ4v) is 1.83. The molecule has 0 amide bonds. The number of carbonyl (C=O) groups excluding carboxylic acids is 2. The van der Waals surface area contributed by atoms with Gasteiger partial charge in [-0.05, 0) is 12.1 Å². The van der Waals surface area contributed by atoms with E-state index in [1.54, 1.807) is 6.07 Å². The molecule has 0 saturated carbocycles. The van der Waals surface area contributed by atoms with E-state index in [1.165, 1.54) is 12.1 Å². The van der Waals surface area contributed by atoms with E-state index in [-0.39, 0.29) is 28.0 Å². The summed E-state index contributed by atoms with van der Waals surface area (Å²) in [6, 6.07) is 4.66. The first-order chi connectivity index (χ1) is 8.08. The van der Waals surface area contributed by atoms with Crippen LogP contribution in [0.1, 0.15) is 10.4 Å². The van der Waals surface area contributed by atoms with Gasteiger partial charge in [0.15, 0.2) is 5.76 Å². The van der Waals surface area contributed by atoms with Crippen molar-refractivity contribution in [1.29, 1.82) is 0 Å². The molecule has 0 aromatic heterocycles. The first-order valence-corrected chi connectivity index (χ1v) is 5.37. The maximum Gasteiger partial charge on any atom is 0.346 e. The molecule has 0 aliphatic carbocycles. The molecule has 0 bridgehead atoms. The fourth-order valence-electron chi connectivity index (χ4n) is 1.28. The maximum atomic E-state index is 11.8. The van der Waals surface area contributed by atoms with Gasteiger partial charge in [0.1, 0.15) is 6.61 Å². The Kier molecular flexibility index (Phi) is 3.36. The Hall–Kier alpha value is -1.52. The summed E-state index contributed by atoms with van der Waals surface area (Å²) in [5.74, 6) is -1.13. The molecule has 1 aromatic carbocycles. The van der Waals surface area contributed by atoms with Crippen molar-refractivity contribution >= 4 is 35.1 Å². The van der Waals surface area contributed by atoms with E-state index in [4.69, 9.17) is 27.9 Å². The number of hydrogen-bond donors (Lipinski definition) is 0. The third-order valence-electron chi connectivity index (χ3n) is 2.03. The van der Waals surface area contributed by atoms with Crippen LogP contribution >= 0.6 is 23.2 Å². The van der Waals surface area contributed by atoms with E-state index in [1.807, 2.05) is 0 Å². The molecule has 0 spiro atoms. The minimum atomic E-state index is -0.717. The van der Waals surface area contributed by atoms with Gasteiger partial charge < -0.3 is 9.47 Å². The van der Waals surface area contributed by atoms with Crippen LogP contribution in [0.2, 0.25) is 10.0 Å². The summed E-state index contributed by atoms with van der Waals surface area (Å²) in [5, 5.41) is 0.377. The van der Waals surface area contributed by atoms with Crippen LogP contribution in [0.15, 0.2) is 30.0 Å². The van der Waals surface area contributed by atoms with Gasteiger partial charge in [0.25, 0.3) is 0 Å². The molecule has 1 aliphatic rings. The van der Waals surface area contributed by atoms with Crippen LogP contribution in [0.3, 0.4) is 0 Å². The largest absolute Gasteiger partial charge is 0.454 e. The second-order valence-electron chi connectivity index (χ2n) is 3.20. The molecule has 6 heteroatoms. The summed E-state index contributed by atoms with van der Waals surface area (Å²) in [7, 11) is 0. The van der Waals surface area contributed by atoms with Crippen LogP contribution in [-0.4, -0.2) is 18.5 Å². The molecular formula is C11H6Cl2O4. The Labute approximate surface area is 107 Å². The SMILES string of the molecule is O=C1C=C(OC(=O)c2c(Cl)cccc2Cl)CO1. The lowest BCUT2D eigenvalue weighted by atomic mass is 10.2. The van der Waals surface area contributed by atoms with Gasteiger partial charge in [-0.25, -0.2) is 9.59 Å². The van der Waals surface area contributed by atoms with Gasteiger partial charge in [-0.1, -0.05) is 29.3 Å². The number of carbonyl (C=O) groups is 2. The fraction of sp³-hybridized carbons (Fsp3) is 0.0909. The Morgan fingerprint density at radius 1 is 1.29 bits per heavy atom. The van der Waals surface area contributed by atoms with E-state index in [0.717, 1.165) is 6.08 Å². The third-order valence-corrected chi connectivity index (χ3v) is 2.66. The van der Waals surface area contributed by atoms with Gasteiger partial charge in [0, 0.05) is 0 Å². The number of cyclic esters (lactones) is 1.